The molecule has 0 aromatic heterocycles. The summed E-state index contributed by atoms with van der Waals surface area (Å²) < 4.78 is 0. The Hall–Kier alpha value is -0.610. The Balaban J connectivity index is 2.51. The molecule has 15 heavy (non-hydrogen) atoms. The molecular formula is C11H22N2O2. The SMILES string of the molecule is CC(C)NC(=O)C(C)N1CCC[C@@H]1CO. The van der Waals surface area contributed by atoms with Crippen molar-refractivity contribution < 1.29 is 9.90 Å². The maximum atomic E-state index is 11.8. The molecule has 0 aromatic rings. The highest BCUT2D eigenvalue weighted by Gasteiger charge is 2.31. The summed E-state index contributed by atoms with van der Waals surface area (Å²) in [5.74, 6) is 0.0605. The largest absolute Gasteiger partial charge is 0.395 e. The fraction of sp³-hybridized carbons (Fsp3) is 0.909. The van der Waals surface area contributed by atoms with E-state index in [1.54, 1.807) is 0 Å². The van der Waals surface area contributed by atoms with E-state index in [9.17, 15) is 9.90 Å². The molecular weight excluding hydrogens is 192 g/mol. The zero-order valence-corrected chi connectivity index (χ0v) is 9.86. The van der Waals surface area contributed by atoms with Gasteiger partial charge >= 0.3 is 0 Å². The zero-order valence-electron chi connectivity index (χ0n) is 9.86. The van der Waals surface area contributed by atoms with Crippen LogP contribution >= 0.6 is 0 Å². The smallest absolute Gasteiger partial charge is 0.237 e. The summed E-state index contributed by atoms with van der Waals surface area (Å²) in [5, 5.41) is 12.1. The van der Waals surface area contributed by atoms with Gasteiger partial charge in [0.05, 0.1) is 12.6 Å². The second kappa shape index (κ2) is 5.47. The number of hydrogen-bond acceptors (Lipinski definition) is 3. The standard InChI is InChI=1S/C11H22N2O2/c1-8(2)12-11(15)9(3)13-6-4-5-10(13)7-14/h8-10,14H,4-7H2,1-3H3,(H,12,15)/t9?,10-/m1/s1. The topological polar surface area (TPSA) is 52.6 Å². The molecule has 1 heterocycles. The summed E-state index contributed by atoms with van der Waals surface area (Å²) in [6, 6.07) is 0.208. The fourth-order valence-corrected chi connectivity index (χ4v) is 2.12. The number of likely N-dealkylation sites (tertiary alicyclic amines) is 1. The molecule has 1 aliphatic rings. The van der Waals surface area contributed by atoms with Crippen molar-refractivity contribution in [3.63, 3.8) is 0 Å². The molecule has 0 spiro atoms. The van der Waals surface area contributed by atoms with Gasteiger partial charge in [0.25, 0.3) is 0 Å². The molecule has 0 bridgehead atoms. The minimum Gasteiger partial charge on any atom is -0.395 e. The van der Waals surface area contributed by atoms with E-state index in [-0.39, 0.29) is 30.6 Å². The molecule has 1 saturated heterocycles. The van der Waals surface area contributed by atoms with Crippen molar-refractivity contribution in [2.24, 2.45) is 0 Å². The van der Waals surface area contributed by atoms with Crippen LogP contribution in [0.3, 0.4) is 0 Å². The lowest BCUT2D eigenvalue weighted by Gasteiger charge is -2.29. The van der Waals surface area contributed by atoms with Gasteiger partial charge in [-0.15, -0.1) is 0 Å². The number of aliphatic hydroxyl groups is 1. The number of carbonyl (C=O) groups excluding carboxylic acids is 1. The van der Waals surface area contributed by atoms with Crippen molar-refractivity contribution in [2.45, 2.75) is 51.7 Å². The van der Waals surface area contributed by atoms with Gasteiger partial charge < -0.3 is 10.4 Å². The molecule has 1 fully saturated rings. The molecule has 4 nitrogen and oxygen atoms in total. The summed E-state index contributed by atoms with van der Waals surface area (Å²) in [6.07, 6.45) is 2.07. The minimum absolute atomic E-state index is 0.0605. The number of carbonyl (C=O) groups is 1. The Labute approximate surface area is 91.6 Å². The maximum Gasteiger partial charge on any atom is 0.237 e. The normalized spacial score (nSPS) is 24.5. The average molecular weight is 214 g/mol. The van der Waals surface area contributed by atoms with Gasteiger partial charge in [-0.25, -0.2) is 0 Å². The van der Waals surface area contributed by atoms with Crippen LogP contribution in [0.5, 0.6) is 0 Å². The van der Waals surface area contributed by atoms with E-state index in [4.69, 9.17) is 0 Å². The van der Waals surface area contributed by atoms with Crippen LogP contribution in [0.25, 0.3) is 0 Å². The van der Waals surface area contributed by atoms with Crippen molar-refractivity contribution in [3.05, 3.63) is 0 Å². The van der Waals surface area contributed by atoms with Crippen LogP contribution in [0.1, 0.15) is 33.6 Å². The van der Waals surface area contributed by atoms with Gasteiger partial charge in [0.1, 0.15) is 0 Å². The maximum absolute atomic E-state index is 11.8. The van der Waals surface area contributed by atoms with Crippen molar-refractivity contribution >= 4 is 5.91 Å². The van der Waals surface area contributed by atoms with Crippen LogP contribution in [0.4, 0.5) is 0 Å². The van der Waals surface area contributed by atoms with E-state index >= 15 is 0 Å². The molecule has 1 rings (SSSR count). The summed E-state index contributed by atoms with van der Waals surface area (Å²) in [4.78, 5) is 13.9. The van der Waals surface area contributed by atoms with Gasteiger partial charge in [-0.05, 0) is 40.2 Å². The predicted molar refractivity (Wildman–Crippen MR) is 59.6 cm³/mol. The minimum atomic E-state index is -0.132. The molecule has 1 aliphatic heterocycles. The Bertz CT molecular complexity index is 219. The number of nitrogens with one attached hydrogen (secondary N) is 1. The Morgan fingerprint density at radius 2 is 2.20 bits per heavy atom. The second-order valence-electron chi connectivity index (χ2n) is 4.56. The summed E-state index contributed by atoms with van der Waals surface area (Å²) in [7, 11) is 0. The molecule has 0 saturated carbocycles. The van der Waals surface area contributed by atoms with Crippen molar-refractivity contribution in [1.29, 1.82) is 0 Å². The van der Waals surface area contributed by atoms with Gasteiger partial charge in [0.15, 0.2) is 0 Å². The third-order valence-corrected chi connectivity index (χ3v) is 2.94. The van der Waals surface area contributed by atoms with E-state index in [1.165, 1.54) is 0 Å². The van der Waals surface area contributed by atoms with Gasteiger partial charge in [-0.1, -0.05) is 0 Å². The fourth-order valence-electron chi connectivity index (χ4n) is 2.12. The van der Waals surface area contributed by atoms with Crippen LogP contribution < -0.4 is 5.32 Å². The highest BCUT2D eigenvalue weighted by Crippen LogP contribution is 2.19. The van der Waals surface area contributed by atoms with E-state index in [0.717, 1.165) is 19.4 Å². The molecule has 0 aromatic carbocycles. The first-order valence-corrected chi connectivity index (χ1v) is 5.73. The van der Waals surface area contributed by atoms with Gasteiger partial charge in [0.2, 0.25) is 5.91 Å². The summed E-state index contributed by atoms with van der Waals surface area (Å²) >= 11 is 0. The second-order valence-corrected chi connectivity index (χ2v) is 4.56. The van der Waals surface area contributed by atoms with Gasteiger partial charge in [-0.2, -0.15) is 0 Å². The predicted octanol–water partition coefficient (Wildman–Crippen LogP) is 0.356. The quantitative estimate of drug-likeness (QED) is 0.710. The zero-order chi connectivity index (χ0) is 11.4. The lowest BCUT2D eigenvalue weighted by atomic mass is 10.2. The Morgan fingerprint density at radius 3 is 2.73 bits per heavy atom. The number of amides is 1. The highest BCUT2D eigenvalue weighted by atomic mass is 16.3. The number of rotatable bonds is 4. The van der Waals surface area contributed by atoms with Gasteiger partial charge in [-0.3, -0.25) is 9.69 Å². The van der Waals surface area contributed by atoms with Crippen LogP contribution in [0, 0.1) is 0 Å². The molecule has 4 heteroatoms. The average Bonchev–Trinajstić information content (AvgIpc) is 2.62. The van der Waals surface area contributed by atoms with E-state index in [1.807, 2.05) is 20.8 Å². The lowest BCUT2D eigenvalue weighted by molar-refractivity contribution is -0.126. The van der Waals surface area contributed by atoms with E-state index in [0.29, 0.717) is 0 Å². The van der Waals surface area contributed by atoms with Crippen molar-refractivity contribution in [1.82, 2.24) is 10.2 Å². The van der Waals surface area contributed by atoms with Crippen LogP contribution in [0.2, 0.25) is 0 Å². The van der Waals surface area contributed by atoms with Gasteiger partial charge in [0, 0.05) is 12.1 Å². The molecule has 0 aliphatic carbocycles. The number of hydrogen-bond donors (Lipinski definition) is 2. The van der Waals surface area contributed by atoms with Crippen molar-refractivity contribution in [2.75, 3.05) is 13.2 Å². The number of aliphatic hydroxyl groups excluding tert-OH is 1. The lowest BCUT2D eigenvalue weighted by Crippen LogP contribution is -2.49. The van der Waals surface area contributed by atoms with Crippen molar-refractivity contribution in [3.8, 4) is 0 Å². The third kappa shape index (κ3) is 3.18. The van der Waals surface area contributed by atoms with E-state index < -0.39 is 0 Å². The first-order chi connectivity index (χ1) is 7.06. The highest BCUT2D eigenvalue weighted by molar-refractivity contribution is 5.81. The molecule has 2 N–H and O–H groups in total. The Morgan fingerprint density at radius 1 is 1.53 bits per heavy atom. The molecule has 1 amide bonds. The summed E-state index contributed by atoms with van der Waals surface area (Å²) in [6.45, 7) is 6.89. The molecule has 0 radical (unpaired) electrons. The number of nitrogens with zero attached hydrogens (tertiary/aromatic N) is 1. The first kappa shape index (κ1) is 12.5. The molecule has 2 atom stereocenters. The first-order valence-electron chi connectivity index (χ1n) is 5.73. The monoisotopic (exact) mass is 214 g/mol. The van der Waals surface area contributed by atoms with Crippen LogP contribution in [-0.2, 0) is 4.79 Å². The van der Waals surface area contributed by atoms with Crippen LogP contribution in [0.15, 0.2) is 0 Å². The summed E-state index contributed by atoms with van der Waals surface area (Å²) in [5.41, 5.74) is 0. The molecule has 1 unspecified atom stereocenters. The molecule has 88 valence electrons. The van der Waals surface area contributed by atoms with E-state index in [2.05, 4.69) is 10.2 Å². The van der Waals surface area contributed by atoms with Crippen LogP contribution in [-0.4, -0.2) is 47.2 Å². The Kier molecular flexibility index (Phi) is 4.54. The third-order valence-electron chi connectivity index (χ3n) is 2.94.